The average Bonchev–Trinajstić information content (AvgIpc) is 2.47. The van der Waals surface area contributed by atoms with Crippen molar-refractivity contribution in [3.8, 4) is 17.0 Å². The summed E-state index contributed by atoms with van der Waals surface area (Å²) in [6, 6.07) is 9.05. The number of aliphatic hydroxyl groups is 1. The van der Waals surface area contributed by atoms with Crippen molar-refractivity contribution in [1.82, 2.24) is 4.98 Å². The third-order valence-corrected chi connectivity index (χ3v) is 2.81. The van der Waals surface area contributed by atoms with Crippen molar-refractivity contribution < 1.29 is 14.6 Å². The zero-order valence-corrected chi connectivity index (χ0v) is 10.7. The number of para-hydroxylation sites is 1. The Bertz CT molecular complexity index is 581. The molecule has 2 rings (SSSR count). The lowest BCUT2D eigenvalue weighted by Crippen LogP contribution is -2.01. The minimum atomic E-state index is -0.194. The highest BCUT2D eigenvalue weighted by Gasteiger charge is 2.14. The Morgan fingerprint density at radius 1 is 1.32 bits per heavy atom. The summed E-state index contributed by atoms with van der Waals surface area (Å²) in [6.45, 7) is 2.24. The van der Waals surface area contributed by atoms with Crippen LogP contribution in [0.25, 0.3) is 11.3 Å². The van der Waals surface area contributed by atoms with E-state index < -0.39 is 0 Å². The fourth-order valence-corrected chi connectivity index (χ4v) is 1.94. The number of pyridine rings is 1. The van der Waals surface area contributed by atoms with Crippen molar-refractivity contribution in [2.75, 3.05) is 6.61 Å². The molecule has 0 aliphatic rings. The number of hydrogen-bond donors (Lipinski definition) is 1. The van der Waals surface area contributed by atoms with E-state index in [1.54, 1.807) is 12.3 Å². The number of aldehydes is 1. The van der Waals surface area contributed by atoms with E-state index in [9.17, 15) is 9.90 Å². The predicted octanol–water partition coefficient (Wildman–Crippen LogP) is 2.45. The molecule has 0 bridgehead atoms. The normalized spacial score (nSPS) is 10.2. The Kier molecular flexibility index (Phi) is 4.26. The number of hydrogen-bond acceptors (Lipinski definition) is 4. The van der Waals surface area contributed by atoms with Gasteiger partial charge in [0.1, 0.15) is 5.75 Å². The van der Waals surface area contributed by atoms with Crippen molar-refractivity contribution in [1.29, 1.82) is 0 Å². The van der Waals surface area contributed by atoms with Gasteiger partial charge in [0.2, 0.25) is 0 Å². The number of nitrogens with zero attached hydrogens (tertiary/aromatic N) is 1. The van der Waals surface area contributed by atoms with Crippen LogP contribution in [-0.4, -0.2) is 23.0 Å². The Hall–Kier alpha value is -2.20. The van der Waals surface area contributed by atoms with Crippen molar-refractivity contribution in [2.24, 2.45) is 0 Å². The summed E-state index contributed by atoms with van der Waals surface area (Å²) >= 11 is 0. The summed E-state index contributed by atoms with van der Waals surface area (Å²) in [7, 11) is 0. The second kappa shape index (κ2) is 6.11. The van der Waals surface area contributed by atoms with Gasteiger partial charge in [0, 0.05) is 17.3 Å². The molecule has 4 heteroatoms. The standard InChI is InChI=1S/C15H15NO3/c1-2-19-14-6-4-3-5-12(14)15-13(10-18)11(9-17)7-8-16-15/h3-8,10,17H,2,9H2,1H3. The third kappa shape index (κ3) is 2.63. The minimum Gasteiger partial charge on any atom is -0.493 e. The lowest BCUT2D eigenvalue weighted by atomic mass is 10.0. The van der Waals surface area contributed by atoms with Gasteiger partial charge in [-0.1, -0.05) is 12.1 Å². The largest absolute Gasteiger partial charge is 0.493 e. The van der Waals surface area contributed by atoms with Crippen LogP contribution in [0.4, 0.5) is 0 Å². The summed E-state index contributed by atoms with van der Waals surface area (Å²) in [5.41, 5.74) is 2.25. The van der Waals surface area contributed by atoms with Crippen LogP contribution in [0.3, 0.4) is 0 Å². The van der Waals surface area contributed by atoms with Crippen LogP contribution in [0.5, 0.6) is 5.75 Å². The summed E-state index contributed by atoms with van der Waals surface area (Å²) in [4.78, 5) is 15.5. The van der Waals surface area contributed by atoms with Gasteiger partial charge in [-0.3, -0.25) is 9.78 Å². The van der Waals surface area contributed by atoms with E-state index in [1.165, 1.54) is 0 Å². The fourth-order valence-electron chi connectivity index (χ4n) is 1.94. The molecule has 0 aliphatic heterocycles. The number of carbonyl (C=O) groups is 1. The first-order valence-electron chi connectivity index (χ1n) is 6.08. The molecule has 98 valence electrons. The molecule has 1 aromatic carbocycles. The molecule has 0 aliphatic carbocycles. The van der Waals surface area contributed by atoms with Gasteiger partial charge in [-0.05, 0) is 30.7 Å². The van der Waals surface area contributed by atoms with Gasteiger partial charge in [-0.2, -0.15) is 0 Å². The van der Waals surface area contributed by atoms with Crippen molar-refractivity contribution in [2.45, 2.75) is 13.5 Å². The second-order valence-corrected chi connectivity index (χ2v) is 3.94. The van der Waals surface area contributed by atoms with Crippen LogP contribution in [0.2, 0.25) is 0 Å². The first kappa shape index (κ1) is 13.2. The molecule has 0 saturated carbocycles. The average molecular weight is 257 g/mol. The highest BCUT2D eigenvalue weighted by Crippen LogP contribution is 2.31. The summed E-state index contributed by atoms with van der Waals surface area (Å²) in [6.07, 6.45) is 2.30. The maximum Gasteiger partial charge on any atom is 0.152 e. The molecule has 4 nitrogen and oxygen atoms in total. The second-order valence-electron chi connectivity index (χ2n) is 3.94. The molecule has 1 aromatic heterocycles. The monoisotopic (exact) mass is 257 g/mol. The maximum absolute atomic E-state index is 11.3. The first-order valence-corrected chi connectivity index (χ1v) is 6.08. The molecular weight excluding hydrogens is 242 g/mol. The van der Waals surface area contributed by atoms with Crippen LogP contribution in [0, 0.1) is 0 Å². The van der Waals surface area contributed by atoms with E-state index in [1.807, 2.05) is 31.2 Å². The lowest BCUT2D eigenvalue weighted by Gasteiger charge is -2.12. The van der Waals surface area contributed by atoms with Crippen LogP contribution in [0.15, 0.2) is 36.5 Å². The van der Waals surface area contributed by atoms with Gasteiger partial charge >= 0.3 is 0 Å². The quantitative estimate of drug-likeness (QED) is 0.836. The summed E-state index contributed by atoms with van der Waals surface area (Å²) in [5.74, 6) is 0.677. The molecule has 2 aromatic rings. The molecule has 0 atom stereocenters. The molecule has 0 radical (unpaired) electrons. The fraction of sp³-hybridized carbons (Fsp3) is 0.200. The van der Waals surface area contributed by atoms with Crippen LogP contribution in [0.1, 0.15) is 22.8 Å². The zero-order chi connectivity index (χ0) is 13.7. The topological polar surface area (TPSA) is 59.4 Å². The molecule has 0 unspecified atom stereocenters. The van der Waals surface area contributed by atoms with E-state index >= 15 is 0 Å². The Morgan fingerprint density at radius 2 is 2.11 bits per heavy atom. The summed E-state index contributed by atoms with van der Waals surface area (Å²) < 4.78 is 5.55. The highest BCUT2D eigenvalue weighted by atomic mass is 16.5. The van der Waals surface area contributed by atoms with E-state index in [0.29, 0.717) is 29.2 Å². The zero-order valence-electron chi connectivity index (χ0n) is 10.7. The van der Waals surface area contributed by atoms with E-state index in [4.69, 9.17) is 4.74 Å². The highest BCUT2D eigenvalue weighted by molar-refractivity contribution is 5.89. The van der Waals surface area contributed by atoms with Gasteiger partial charge in [0.05, 0.1) is 18.9 Å². The van der Waals surface area contributed by atoms with E-state index in [0.717, 1.165) is 11.8 Å². The molecule has 0 amide bonds. The van der Waals surface area contributed by atoms with Crippen molar-refractivity contribution in [3.05, 3.63) is 47.7 Å². The number of ether oxygens (including phenoxy) is 1. The number of benzene rings is 1. The molecule has 1 N–H and O–H groups in total. The van der Waals surface area contributed by atoms with Gasteiger partial charge in [-0.25, -0.2) is 0 Å². The van der Waals surface area contributed by atoms with Gasteiger partial charge in [0.25, 0.3) is 0 Å². The number of rotatable bonds is 5. The van der Waals surface area contributed by atoms with E-state index in [-0.39, 0.29) is 6.61 Å². The van der Waals surface area contributed by atoms with Gasteiger partial charge in [0.15, 0.2) is 6.29 Å². The Balaban J connectivity index is 2.61. The number of carbonyl (C=O) groups excluding carboxylic acids is 1. The first-order chi connectivity index (χ1) is 9.31. The van der Waals surface area contributed by atoms with Crippen LogP contribution >= 0.6 is 0 Å². The van der Waals surface area contributed by atoms with E-state index in [2.05, 4.69) is 4.98 Å². The number of aromatic nitrogens is 1. The minimum absolute atomic E-state index is 0.194. The molecule has 0 saturated heterocycles. The molecule has 1 heterocycles. The van der Waals surface area contributed by atoms with Crippen molar-refractivity contribution in [3.63, 3.8) is 0 Å². The van der Waals surface area contributed by atoms with Crippen LogP contribution in [-0.2, 0) is 6.61 Å². The Labute approximate surface area is 111 Å². The molecule has 0 fully saturated rings. The van der Waals surface area contributed by atoms with Gasteiger partial charge in [-0.15, -0.1) is 0 Å². The lowest BCUT2D eigenvalue weighted by molar-refractivity contribution is 0.112. The van der Waals surface area contributed by atoms with Gasteiger partial charge < -0.3 is 9.84 Å². The Morgan fingerprint density at radius 3 is 2.79 bits per heavy atom. The molecule has 0 spiro atoms. The maximum atomic E-state index is 11.3. The molecule has 19 heavy (non-hydrogen) atoms. The van der Waals surface area contributed by atoms with Crippen LogP contribution < -0.4 is 4.74 Å². The SMILES string of the molecule is CCOc1ccccc1-c1nccc(CO)c1C=O. The third-order valence-electron chi connectivity index (χ3n) is 2.81. The predicted molar refractivity (Wildman–Crippen MR) is 72.2 cm³/mol. The van der Waals surface area contributed by atoms with Crippen molar-refractivity contribution >= 4 is 6.29 Å². The molecular formula is C15H15NO3. The number of aliphatic hydroxyl groups excluding tert-OH is 1. The smallest absolute Gasteiger partial charge is 0.152 e. The summed E-state index contributed by atoms with van der Waals surface area (Å²) in [5, 5.41) is 9.28.